The minimum atomic E-state index is -0.0650. The average Bonchev–Trinajstić information content (AvgIpc) is 2.60. The predicted molar refractivity (Wildman–Crippen MR) is 43.2 cm³/mol. The van der Waals surface area contributed by atoms with Gasteiger partial charge in [0.05, 0.1) is 0 Å². The van der Waals surface area contributed by atoms with Gasteiger partial charge in [-0.1, -0.05) is 0 Å². The molecule has 0 saturated heterocycles. The van der Waals surface area contributed by atoms with Gasteiger partial charge >= 0.3 is 85.7 Å². The molecule has 2 aromatic heterocycles. The molecule has 0 saturated carbocycles. The molecule has 6 heteroatoms. The molecule has 0 amide bonds. The third kappa shape index (κ3) is 1.34. The first kappa shape index (κ1) is 8.67. The van der Waals surface area contributed by atoms with E-state index in [1.54, 1.807) is 13.4 Å². The molecular weight excluding hydrogens is 283 g/mol. The normalized spacial score (nSPS) is 10.9. The first-order chi connectivity index (χ1) is 6.36. The predicted octanol–water partition coefficient (Wildman–Crippen LogP) is -2.68. The zero-order valence-corrected chi connectivity index (χ0v) is 9.39. The molecule has 2 heterocycles. The number of aromatic nitrogens is 4. The van der Waals surface area contributed by atoms with E-state index in [0.717, 1.165) is 11.2 Å². The van der Waals surface area contributed by atoms with Gasteiger partial charge in [0, 0.05) is 0 Å². The molecule has 0 N–H and O–H groups in total. The van der Waals surface area contributed by atoms with Crippen LogP contribution in [0, 0.1) is 0 Å². The van der Waals surface area contributed by atoms with Crippen molar-refractivity contribution < 1.29 is 26.2 Å². The Labute approximate surface area is 85.8 Å². The Morgan fingerprint density at radius 3 is 2.92 bits per heavy atom. The maximum absolute atomic E-state index is 5.07. The Bertz CT molecular complexity index is 427. The second-order valence-corrected chi connectivity index (χ2v) is 4.28. The van der Waals surface area contributed by atoms with Gasteiger partial charge in [-0.05, 0) is 0 Å². The van der Waals surface area contributed by atoms with Crippen LogP contribution in [0.25, 0.3) is 11.2 Å². The summed E-state index contributed by atoms with van der Waals surface area (Å²) in [6.07, 6.45) is 3.29. The molecule has 0 aromatic carbocycles. The maximum atomic E-state index is 5.07. The van der Waals surface area contributed by atoms with Crippen molar-refractivity contribution in [2.24, 2.45) is 0 Å². The van der Waals surface area contributed by atoms with E-state index < -0.39 is 0 Å². The molecule has 13 heavy (non-hydrogen) atoms. The van der Waals surface area contributed by atoms with Crippen molar-refractivity contribution in [3.63, 3.8) is 0 Å². The van der Waals surface area contributed by atoms with Gasteiger partial charge in [0.1, 0.15) is 0 Å². The number of methoxy groups -OCH3 is 1. The van der Waals surface area contributed by atoms with E-state index in [1.807, 2.05) is 0 Å². The number of hydrogen-bond acceptors (Lipinski definition) is 4. The molecule has 0 radical (unpaired) electrons. The number of nitrogens with zero attached hydrogens (tertiary/aromatic N) is 4. The van der Waals surface area contributed by atoms with Crippen LogP contribution in [0.15, 0.2) is 12.7 Å². The summed E-state index contributed by atoms with van der Waals surface area (Å²) in [6.45, 7) is 0. The van der Waals surface area contributed by atoms with Crippen LogP contribution in [0.2, 0.25) is 0 Å². The van der Waals surface area contributed by atoms with Crippen LogP contribution in [0.5, 0.6) is 5.88 Å². The van der Waals surface area contributed by atoms with E-state index >= 15 is 0 Å². The SMILES string of the molecule is COc1ncnc2c1ncn2[I-]C. The number of hydrogen-bond donors (Lipinski definition) is 0. The van der Waals surface area contributed by atoms with Gasteiger partial charge in [0.2, 0.25) is 0 Å². The van der Waals surface area contributed by atoms with Gasteiger partial charge in [0.25, 0.3) is 0 Å². The van der Waals surface area contributed by atoms with Crippen LogP contribution in [0.1, 0.15) is 0 Å². The molecule has 0 bridgehead atoms. The average molecular weight is 291 g/mol. The molecule has 70 valence electrons. The first-order valence-electron chi connectivity index (χ1n) is 3.59. The van der Waals surface area contributed by atoms with E-state index in [9.17, 15) is 0 Å². The molecular formula is C7H8IN4O-. The molecule has 0 aliphatic carbocycles. The topological polar surface area (TPSA) is 52.8 Å². The van der Waals surface area contributed by atoms with Gasteiger partial charge < -0.3 is 0 Å². The van der Waals surface area contributed by atoms with Crippen LogP contribution in [0.4, 0.5) is 0 Å². The number of rotatable bonds is 2. The fourth-order valence-electron chi connectivity index (χ4n) is 1.06. The number of ether oxygens (including phenoxy) is 1. The molecule has 0 aliphatic rings. The van der Waals surface area contributed by atoms with E-state index in [4.69, 9.17) is 4.74 Å². The second-order valence-electron chi connectivity index (χ2n) is 2.28. The zero-order chi connectivity index (χ0) is 9.26. The summed E-state index contributed by atoms with van der Waals surface area (Å²) in [5.74, 6) is 0.543. The summed E-state index contributed by atoms with van der Waals surface area (Å²) in [5, 5.41) is 0. The van der Waals surface area contributed by atoms with Crippen LogP contribution in [-0.2, 0) is 0 Å². The Morgan fingerprint density at radius 2 is 2.23 bits per heavy atom. The number of halogens is 1. The fraction of sp³-hybridized carbons (Fsp3) is 0.286. The van der Waals surface area contributed by atoms with E-state index in [0.29, 0.717) is 5.88 Å². The van der Waals surface area contributed by atoms with Crippen molar-refractivity contribution in [2.75, 3.05) is 12.0 Å². The number of imidazole rings is 1. The van der Waals surface area contributed by atoms with Crippen LogP contribution in [0.3, 0.4) is 0 Å². The third-order valence-electron chi connectivity index (χ3n) is 1.64. The Balaban J connectivity index is 2.72. The molecule has 0 aliphatic heterocycles. The van der Waals surface area contributed by atoms with Crippen molar-refractivity contribution in [3.05, 3.63) is 12.7 Å². The Morgan fingerprint density at radius 1 is 1.38 bits per heavy atom. The second kappa shape index (κ2) is 3.44. The van der Waals surface area contributed by atoms with Crippen LogP contribution < -0.4 is 26.2 Å². The summed E-state index contributed by atoms with van der Waals surface area (Å²) < 4.78 is 7.12. The van der Waals surface area contributed by atoms with Gasteiger partial charge in [-0.2, -0.15) is 0 Å². The Hall–Kier alpha value is -0.920. The van der Waals surface area contributed by atoms with Crippen LogP contribution >= 0.6 is 0 Å². The summed E-state index contributed by atoms with van der Waals surface area (Å²) in [5.41, 5.74) is 1.61. The summed E-state index contributed by atoms with van der Waals surface area (Å²) in [6, 6.07) is 0. The van der Waals surface area contributed by atoms with E-state index in [2.05, 4.69) is 22.7 Å². The standard InChI is InChI=1S/C7H8IN4O/c1-8-12-4-11-5-6(12)9-3-10-7(5)13-2/h3-4H,1-2H3/q-1. The van der Waals surface area contributed by atoms with Gasteiger partial charge in [-0.25, -0.2) is 0 Å². The third-order valence-corrected chi connectivity index (χ3v) is 3.38. The quantitative estimate of drug-likeness (QED) is 0.447. The summed E-state index contributed by atoms with van der Waals surface area (Å²) in [4.78, 5) is 14.5. The van der Waals surface area contributed by atoms with Gasteiger partial charge in [-0.15, -0.1) is 0 Å². The molecule has 0 atom stereocenters. The zero-order valence-electron chi connectivity index (χ0n) is 7.23. The first-order valence-corrected chi connectivity index (χ1v) is 6.71. The van der Waals surface area contributed by atoms with Crippen molar-refractivity contribution in [3.8, 4) is 5.88 Å². The van der Waals surface area contributed by atoms with Crippen molar-refractivity contribution in [2.45, 2.75) is 0 Å². The molecule has 0 spiro atoms. The van der Waals surface area contributed by atoms with Crippen molar-refractivity contribution >= 4 is 11.2 Å². The molecule has 0 unspecified atom stereocenters. The molecule has 2 aromatic rings. The number of alkyl halides is 1. The Kier molecular flexibility index (Phi) is 2.30. The molecule has 0 fully saturated rings. The summed E-state index contributed by atoms with van der Waals surface area (Å²) >= 11 is -0.0650. The fourth-order valence-corrected chi connectivity index (χ4v) is 2.24. The monoisotopic (exact) mass is 291 g/mol. The van der Waals surface area contributed by atoms with Crippen molar-refractivity contribution in [1.29, 1.82) is 0 Å². The molecule has 5 nitrogen and oxygen atoms in total. The molecule has 2 rings (SSSR count). The minimum absolute atomic E-state index is 0.0650. The summed E-state index contributed by atoms with van der Waals surface area (Å²) in [7, 11) is 1.59. The van der Waals surface area contributed by atoms with E-state index in [1.165, 1.54) is 6.33 Å². The van der Waals surface area contributed by atoms with Crippen molar-refractivity contribution in [1.82, 2.24) is 17.7 Å². The number of fused-ring (bicyclic) bond motifs is 1. The van der Waals surface area contributed by atoms with Crippen LogP contribution in [-0.4, -0.2) is 29.8 Å². The van der Waals surface area contributed by atoms with Gasteiger partial charge in [0.15, 0.2) is 0 Å². The van der Waals surface area contributed by atoms with Gasteiger partial charge in [-0.3, -0.25) is 0 Å². The van der Waals surface area contributed by atoms with E-state index in [-0.39, 0.29) is 21.5 Å².